The van der Waals surface area contributed by atoms with Crippen LogP contribution in [0, 0.1) is 29.1 Å². The lowest BCUT2D eigenvalue weighted by atomic mass is 9.54. The van der Waals surface area contributed by atoms with Crippen molar-refractivity contribution in [2.45, 2.75) is 87.8 Å². The largest absolute Gasteiger partial charge is 0.474 e. The molecule has 0 saturated heterocycles. The lowest BCUT2D eigenvalue weighted by molar-refractivity contribution is -0.127. The number of nitrogens with zero attached hydrogens (tertiary/aromatic N) is 1. The van der Waals surface area contributed by atoms with Crippen LogP contribution in [0.5, 0.6) is 5.88 Å². The highest BCUT2D eigenvalue weighted by Crippen LogP contribution is 2.54. The van der Waals surface area contributed by atoms with Gasteiger partial charge in [0.25, 0.3) is 11.8 Å². The van der Waals surface area contributed by atoms with Gasteiger partial charge in [-0.15, -0.1) is 11.8 Å². The Kier molecular flexibility index (Phi) is 5.93. The summed E-state index contributed by atoms with van der Waals surface area (Å²) in [6, 6.07) is 0.239. The van der Waals surface area contributed by atoms with Gasteiger partial charge in [-0.3, -0.25) is 9.59 Å². The first-order valence-corrected chi connectivity index (χ1v) is 13.1. The van der Waals surface area contributed by atoms with Crippen LogP contribution in [0.15, 0.2) is 9.42 Å². The molecular weight excluding hydrogens is 426 g/mol. The number of hydrogen-bond donors (Lipinski definition) is 2. The lowest BCUT2D eigenvalue weighted by Crippen LogP contribution is -2.55. The molecule has 0 aromatic carbocycles. The van der Waals surface area contributed by atoms with E-state index in [2.05, 4.69) is 10.5 Å². The third kappa shape index (κ3) is 4.27. The first-order valence-electron chi connectivity index (χ1n) is 12.2. The van der Waals surface area contributed by atoms with Crippen LogP contribution >= 0.6 is 11.8 Å². The van der Waals surface area contributed by atoms with Gasteiger partial charge in [0.15, 0.2) is 0 Å². The van der Waals surface area contributed by atoms with Crippen LogP contribution in [0.1, 0.15) is 82.2 Å². The number of hydrogen-bond acceptors (Lipinski definition) is 6. The van der Waals surface area contributed by atoms with E-state index in [9.17, 15) is 9.59 Å². The van der Waals surface area contributed by atoms with Crippen LogP contribution < -0.4 is 15.8 Å². The minimum atomic E-state index is -0.836. The van der Waals surface area contributed by atoms with Crippen LogP contribution in [0.25, 0.3) is 0 Å². The van der Waals surface area contributed by atoms with E-state index in [0.717, 1.165) is 24.7 Å². The molecule has 1 heterocycles. The normalized spacial score (nSPS) is 31.8. The van der Waals surface area contributed by atoms with E-state index in [1.165, 1.54) is 44.9 Å². The smallest absolute Gasteiger partial charge is 0.291 e. The second-order valence-corrected chi connectivity index (χ2v) is 12.4. The van der Waals surface area contributed by atoms with Crippen molar-refractivity contribution in [3.63, 3.8) is 0 Å². The molecule has 0 unspecified atom stereocenters. The third-order valence-corrected chi connectivity index (χ3v) is 9.57. The number of rotatable bonds is 8. The summed E-state index contributed by atoms with van der Waals surface area (Å²) in [4.78, 5) is 25.7. The molecule has 2 amide bonds. The molecule has 0 spiro atoms. The second kappa shape index (κ2) is 8.58. The molecule has 7 nitrogen and oxygen atoms in total. The van der Waals surface area contributed by atoms with Crippen molar-refractivity contribution in [1.82, 2.24) is 10.5 Å². The van der Waals surface area contributed by atoms with Crippen LogP contribution in [0.2, 0.25) is 0 Å². The van der Waals surface area contributed by atoms with Crippen molar-refractivity contribution in [3.05, 3.63) is 5.76 Å². The maximum absolute atomic E-state index is 13.4. The van der Waals surface area contributed by atoms with Crippen molar-refractivity contribution in [3.8, 4) is 5.88 Å². The Morgan fingerprint density at radius 3 is 2.34 bits per heavy atom. The number of primary amides is 1. The Hall–Kier alpha value is -1.70. The fourth-order valence-corrected chi connectivity index (χ4v) is 7.81. The first-order chi connectivity index (χ1) is 15.3. The summed E-state index contributed by atoms with van der Waals surface area (Å²) in [6.45, 7) is 3.56. The number of nitrogens with two attached hydrogens (primary N) is 1. The number of thioether (sulfide) groups is 1. The molecule has 3 N–H and O–H groups in total. The minimum absolute atomic E-state index is 0.0870. The number of aromatic nitrogens is 1. The highest BCUT2D eigenvalue weighted by atomic mass is 32.2. The summed E-state index contributed by atoms with van der Waals surface area (Å²) in [5, 5.41) is 7.85. The van der Waals surface area contributed by atoms with Gasteiger partial charge in [-0.1, -0.05) is 12.8 Å². The fraction of sp³-hybridized carbons (Fsp3) is 0.792. The van der Waals surface area contributed by atoms with Gasteiger partial charge in [0.2, 0.25) is 11.7 Å². The zero-order chi connectivity index (χ0) is 22.5. The van der Waals surface area contributed by atoms with Gasteiger partial charge in [0, 0.05) is 11.3 Å². The van der Waals surface area contributed by atoms with Gasteiger partial charge in [-0.2, -0.15) is 0 Å². The maximum Gasteiger partial charge on any atom is 0.291 e. The Bertz CT molecular complexity index is 849. The molecule has 32 heavy (non-hydrogen) atoms. The van der Waals surface area contributed by atoms with E-state index in [1.807, 2.05) is 0 Å². The molecule has 5 saturated carbocycles. The minimum Gasteiger partial charge on any atom is -0.474 e. The quantitative estimate of drug-likeness (QED) is 0.602. The first kappa shape index (κ1) is 22.1. The van der Waals surface area contributed by atoms with Crippen molar-refractivity contribution >= 4 is 23.6 Å². The summed E-state index contributed by atoms with van der Waals surface area (Å²) in [6.07, 6.45) is 11.0. The molecule has 0 aliphatic heterocycles. The molecule has 176 valence electrons. The zero-order valence-electron chi connectivity index (χ0n) is 19.1. The molecule has 8 heteroatoms. The number of carbonyl (C=O) groups excluding carboxylic acids is 2. The Morgan fingerprint density at radius 1 is 1.12 bits per heavy atom. The molecule has 5 fully saturated rings. The van der Waals surface area contributed by atoms with Gasteiger partial charge in [0.1, 0.15) is 11.5 Å². The van der Waals surface area contributed by atoms with Gasteiger partial charge in [-0.05, 0) is 87.6 Å². The number of ether oxygens (including phenoxy) is 1. The molecule has 0 atom stereocenters. The summed E-state index contributed by atoms with van der Waals surface area (Å²) in [7, 11) is 0. The molecule has 1 aromatic heterocycles. The predicted octanol–water partition coefficient (Wildman–Crippen LogP) is 4.15. The summed E-state index contributed by atoms with van der Waals surface area (Å²) < 4.78 is 11.4. The Labute approximate surface area is 193 Å². The maximum atomic E-state index is 13.4. The highest BCUT2D eigenvalue weighted by molar-refractivity contribution is 8.00. The zero-order valence-corrected chi connectivity index (χ0v) is 19.9. The summed E-state index contributed by atoms with van der Waals surface area (Å²) in [5.74, 6) is 2.84. The van der Waals surface area contributed by atoms with E-state index in [4.69, 9.17) is 15.0 Å². The van der Waals surface area contributed by atoms with Crippen molar-refractivity contribution in [2.75, 3.05) is 6.61 Å². The molecular formula is C24H35N3O4S. The van der Waals surface area contributed by atoms with E-state index in [-0.39, 0.29) is 24.3 Å². The van der Waals surface area contributed by atoms with Gasteiger partial charge >= 0.3 is 0 Å². The molecule has 6 rings (SSSR count). The molecule has 5 aliphatic rings. The fourth-order valence-electron chi connectivity index (χ4n) is 6.48. The van der Waals surface area contributed by atoms with E-state index < -0.39 is 11.3 Å². The monoisotopic (exact) mass is 461 g/mol. The SMILES string of the molecule is CC(C)(COc1noc(C(=O)NC2C3CC4CC(C3)CC2C4)c1SC1CCCC1)C(N)=O. The third-order valence-electron chi connectivity index (χ3n) is 8.17. The average molecular weight is 462 g/mol. The molecule has 5 aliphatic carbocycles. The summed E-state index contributed by atoms with van der Waals surface area (Å²) in [5.41, 5.74) is 4.65. The lowest BCUT2D eigenvalue weighted by Gasteiger charge is -2.54. The van der Waals surface area contributed by atoms with Crippen molar-refractivity contribution in [2.24, 2.45) is 34.8 Å². The topological polar surface area (TPSA) is 107 Å². The predicted molar refractivity (Wildman–Crippen MR) is 121 cm³/mol. The summed E-state index contributed by atoms with van der Waals surface area (Å²) >= 11 is 1.63. The van der Waals surface area contributed by atoms with Crippen LogP contribution in [0.3, 0.4) is 0 Å². The molecule has 4 bridgehead atoms. The highest BCUT2D eigenvalue weighted by Gasteiger charge is 2.49. The van der Waals surface area contributed by atoms with Gasteiger partial charge < -0.3 is 20.3 Å². The second-order valence-electron chi connectivity index (χ2n) is 11.1. The van der Waals surface area contributed by atoms with E-state index in [0.29, 0.717) is 27.9 Å². The van der Waals surface area contributed by atoms with E-state index >= 15 is 0 Å². The average Bonchev–Trinajstić information content (AvgIpc) is 3.39. The molecule has 0 radical (unpaired) electrons. The Morgan fingerprint density at radius 2 is 1.75 bits per heavy atom. The van der Waals surface area contributed by atoms with Crippen LogP contribution in [-0.4, -0.2) is 34.9 Å². The van der Waals surface area contributed by atoms with Crippen molar-refractivity contribution in [1.29, 1.82) is 0 Å². The van der Waals surface area contributed by atoms with Crippen LogP contribution in [-0.2, 0) is 4.79 Å². The number of nitrogens with one attached hydrogen (secondary N) is 1. The van der Waals surface area contributed by atoms with Gasteiger partial charge in [0.05, 0.1) is 5.41 Å². The van der Waals surface area contributed by atoms with Crippen molar-refractivity contribution < 1.29 is 18.8 Å². The number of amides is 2. The molecule has 1 aromatic rings. The number of carbonyl (C=O) groups is 2. The van der Waals surface area contributed by atoms with E-state index in [1.54, 1.807) is 25.6 Å². The van der Waals surface area contributed by atoms with Crippen LogP contribution in [0.4, 0.5) is 0 Å². The standard InChI is InChI=1S/C24H35N3O4S/c1-24(2,23(25)29)12-30-22-20(32-17-5-3-4-6-17)19(31-27-22)21(28)26-18-15-8-13-7-14(10-15)11-16(18)9-13/h13-18H,3-12H2,1-2H3,(H2,25,29)(H,26,28). The van der Waals surface area contributed by atoms with Gasteiger partial charge in [-0.25, -0.2) is 0 Å². The Balaban J connectivity index is 1.33.